The Balaban J connectivity index is 2.19. The molecule has 0 aliphatic rings. The molecular weight excluding hydrogens is 431 g/mol. The summed E-state index contributed by atoms with van der Waals surface area (Å²) < 4.78 is 27.6. The molecule has 0 fully saturated rings. The van der Waals surface area contributed by atoms with E-state index in [9.17, 15) is 13.2 Å². The van der Waals surface area contributed by atoms with Crippen LogP contribution in [-0.2, 0) is 10.0 Å². The van der Waals surface area contributed by atoms with Crippen LogP contribution < -0.4 is 5.32 Å². The van der Waals surface area contributed by atoms with E-state index in [4.69, 9.17) is 23.2 Å². The van der Waals surface area contributed by atoms with Crippen molar-refractivity contribution in [1.82, 2.24) is 4.31 Å². The number of hydrogen-bond acceptors (Lipinski definition) is 3. The van der Waals surface area contributed by atoms with Gasteiger partial charge in [-0.05, 0) is 54.3 Å². The third-order valence-electron chi connectivity index (χ3n) is 4.07. The maximum atomic E-state index is 13.0. The zero-order valence-corrected chi connectivity index (χ0v) is 19.3. The van der Waals surface area contributed by atoms with Crippen LogP contribution >= 0.6 is 23.2 Å². The first kappa shape index (κ1) is 23.7. The van der Waals surface area contributed by atoms with Gasteiger partial charge in [0, 0.05) is 24.3 Å². The molecule has 1 N–H and O–H groups in total. The highest BCUT2D eigenvalue weighted by Crippen LogP contribution is 2.24. The maximum Gasteiger partial charge on any atom is 0.255 e. The predicted molar refractivity (Wildman–Crippen MR) is 119 cm³/mol. The lowest BCUT2D eigenvalue weighted by Gasteiger charge is -2.25. The molecule has 5 nitrogen and oxygen atoms in total. The van der Waals surface area contributed by atoms with Gasteiger partial charge >= 0.3 is 0 Å². The van der Waals surface area contributed by atoms with E-state index in [2.05, 4.69) is 5.32 Å². The van der Waals surface area contributed by atoms with Crippen molar-refractivity contribution in [3.63, 3.8) is 0 Å². The van der Waals surface area contributed by atoms with E-state index >= 15 is 0 Å². The number of nitrogens with one attached hydrogen (secondary N) is 1. The standard InChI is InChI=1S/C21H26Cl2N2O3S/c1-14(2)12-25(13-15(3)4)29(27,28)18-8-6-17(7-9-18)24-21(26)16-5-10-19(22)20(23)11-16/h5-11,14-15H,12-13H2,1-4H3,(H,24,26). The van der Waals surface area contributed by atoms with Gasteiger partial charge in [0.2, 0.25) is 10.0 Å². The van der Waals surface area contributed by atoms with Gasteiger partial charge in [0.15, 0.2) is 0 Å². The normalized spacial score (nSPS) is 12.0. The van der Waals surface area contributed by atoms with E-state index < -0.39 is 10.0 Å². The molecular formula is C21H26Cl2N2O3S. The molecule has 0 spiro atoms. The number of carbonyl (C=O) groups excluding carboxylic acids is 1. The number of hydrogen-bond donors (Lipinski definition) is 1. The summed E-state index contributed by atoms with van der Waals surface area (Å²) in [5.74, 6) is 0.0713. The van der Waals surface area contributed by atoms with Crippen LogP contribution in [0.15, 0.2) is 47.4 Å². The Bertz CT molecular complexity index is 948. The zero-order chi connectivity index (χ0) is 21.8. The molecule has 0 bridgehead atoms. The van der Waals surface area contributed by atoms with Gasteiger partial charge in [-0.2, -0.15) is 4.31 Å². The van der Waals surface area contributed by atoms with Gasteiger partial charge in [0.25, 0.3) is 5.91 Å². The van der Waals surface area contributed by atoms with E-state index in [1.807, 2.05) is 27.7 Å². The molecule has 1 amide bonds. The Morgan fingerprint density at radius 2 is 1.48 bits per heavy atom. The second-order valence-electron chi connectivity index (χ2n) is 7.72. The van der Waals surface area contributed by atoms with Crippen LogP contribution in [-0.4, -0.2) is 31.7 Å². The highest BCUT2D eigenvalue weighted by Gasteiger charge is 2.25. The van der Waals surface area contributed by atoms with Crippen molar-refractivity contribution in [2.75, 3.05) is 18.4 Å². The molecule has 0 aliphatic carbocycles. The quantitative estimate of drug-likeness (QED) is 0.565. The first-order valence-electron chi connectivity index (χ1n) is 9.37. The van der Waals surface area contributed by atoms with E-state index in [-0.39, 0.29) is 27.7 Å². The molecule has 2 aromatic rings. The first-order valence-corrected chi connectivity index (χ1v) is 11.6. The summed E-state index contributed by atoms with van der Waals surface area (Å²) in [6.45, 7) is 8.87. The Labute approximate surface area is 183 Å². The number of sulfonamides is 1. The molecule has 0 atom stereocenters. The molecule has 0 aromatic heterocycles. The van der Waals surface area contributed by atoms with Gasteiger partial charge in [-0.1, -0.05) is 50.9 Å². The minimum absolute atomic E-state index is 0.200. The molecule has 0 heterocycles. The molecule has 0 saturated carbocycles. The average Bonchev–Trinajstić information content (AvgIpc) is 2.63. The zero-order valence-electron chi connectivity index (χ0n) is 16.9. The minimum Gasteiger partial charge on any atom is -0.322 e. The number of nitrogens with zero attached hydrogens (tertiary/aromatic N) is 1. The monoisotopic (exact) mass is 456 g/mol. The van der Waals surface area contributed by atoms with Crippen LogP contribution in [0.5, 0.6) is 0 Å². The third kappa shape index (κ3) is 6.44. The van der Waals surface area contributed by atoms with Crippen molar-refractivity contribution in [3.8, 4) is 0 Å². The van der Waals surface area contributed by atoms with Gasteiger partial charge in [-0.3, -0.25) is 4.79 Å². The van der Waals surface area contributed by atoms with Gasteiger partial charge in [-0.25, -0.2) is 8.42 Å². The van der Waals surface area contributed by atoms with Crippen LogP contribution in [0.3, 0.4) is 0 Å². The molecule has 2 aromatic carbocycles. The van der Waals surface area contributed by atoms with Crippen LogP contribution in [0.2, 0.25) is 10.0 Å². The number of amides is 1. The van der Waals surface area contributed by atoms with Crippen LogP contribution in [0.4, 0.5) is 5.69 Å². The average molecular weight is 457 g/mol. The molecule has 158 valence electrons. The lowest BCUT2D eigenvalue weighted by molar-refractivity contribution is 0.102. The topological polar surface area (TPSA) is 66.5 Å². The van der Waals surface area contributed by atoms with Gasteiger partial charge in [0.1, 0.15) is 0 Å². The van der Waals surface area contributed by atoms with Crippen LogP contribution in [0, 0.1) is 11.8 Å². The van der Waals surface area contributed by atoms with Gasteiger partial charge in [-0.15, -0.1) is 0 Å². The number of benzene rings is 2. The summed E-state index contributed by atoms with van der Waals surface area (Å²) in [6, 6.07) is 10.8. The summed E-state index contributed by atoms with van der Waals surface area (Å²) in [5, 5.41) is 3.38. The number of anilines is 1. The molecule has 8 heteroatoms. The largest absolute Gasteiger partial charge is 0.322 e. The molecule has 29 heavy (non-hydrogen) atoms. The van der Waals surface area contributed by atoms with Crippen molar-refractivity contribution < 1.29 is 13.2 Å². The SMILES string of the molecule is CC(C)CN(CC(C)C)S(=O)(=O)c1ccc(NC(=O)c2ccc(Cl)c(Cl)c2)cc1. The number of halogens is 2. The molecule has 0 saturated heterocycles. The molecule has 2 rings (SSSR count). The summed E-state index contributed by atoms with van der Waals surface area (Å²) in [4.78, 5) is 12.6. The summed E-state index contributed by atoms with van der Waals surface area (Å²) in [6.07, 6.45) is 0. The summed E-state index contributed by atoms with van der Waals surface area (Å²) in [7, 11) is -3.61. The van der Waals surface area contributed by atoms with Crippen molar-refractivity contribution in [3.05, 3.63) is 58.1 Å². The van der Waals surface area contributed by atoms with Gasteiger partial charge < -0.3 is 5.32 Å². The fourth-order valence-corrected chi connectivity index (χ4v) is 4.85. The second-order valence-corrected chi connectivity index (χ2v) is 10.5. The highest BCUT2D eigenvalue weighted by atomic mass is 35.5. The van der Waals surface area contributed by atoms with Gasteiger partial charge in [0.05, 0.1) is 14.9 Å². The second kappa shape index (κ2) is 9.94. The van der Waals surface area contributed by atoms with Crippen molar-refractivity contribution in [2.45, 2.75) is 32.6 Å². The van der Waals surface area contributed by atoms with Crippen LogP contribution in [0.25, 0.3) is 0 Å². The lowest BCUT2D eigenvalue weighted by atomic mass is 10.2. The predicted octanol–water partition coefficient (Wildman–Crippen LogP) is 5.55. The fourth-order valence-electron chi connectivity index (χ4n) is 2.79. The summed E-state index contributed by atoms with van der Waals surface area (Å²) >= 11 is 11.8. The Morgan fingerprint density at radius 1 is 0.931 bits per heavy atom. The van der Waals surface area contributed by atoms with Crippen molar-refractivity contribution >= 4 is 44.8 Å². The Kier molecular flexibility index (Phi) is 8.11. The van der Waals surface area contributed by atoms with E-state index in [1.54, 1.807) is 24.3 Å². The van der Waals surface area contributed by atoms with E-state index in [1.165, 1.54) is 22.5 Å². The Morgan fingerprint density at radius 3 is 1.97 bits per heavy atom. The number of carbonyl (C=O) groups is 1. The third-order valence-corrected chi connectivity index (χ3v) is 6.65. The highest BCUT2D eigenvalue weighted by molar-refractivity contribution is 7.89. The van der Waals surface area contributed by atoms with E-state index in [0.717, 1.165) is 0 Å². The van der Waals surface area contributed by atoms with E-state index in [0.29, 0.717) is 29.4 Å². The molecule has 0 radical (unpaired) electrons. The Hall–Kier alpha value is -1.60. The smallest absolute Gasteiger partial charge is 0.255 e. The molecule has 0 unspecified atom stereocenters. The lowest BCUT2D eigenvalue weighted by Crippen LogP contribution is -2.37. The van der Waals surface area contributed by atoms with Crippen molar-refractivity contribution in [1.29, 1.82) is 0 Å². The minimum atomic E-state index is -3.61. The fraction of sp³-hybridized carbons (Fsp3) is 0.381. The molecule has 0 aliphatic heterocycles. The van der Waals surface area contributed by atoms with Crippen LogP contribution in [0.1, 0.15) is 38.1 Å². The maximum absolute atomic E-state index is 13.0. The first-order chi connectivity index (χ1) is 13.5. The summed E-state index contributed by atoms with van der Waals surface area (Å²) in [5.41, 5.74) is 0.843. The van der Waals surface area contributed by atoms with Crippen molar-refractivity contribution in [2.24, 2.45) is 11.8 Å². The number of rotatable bonds is 8.